The van der Waals surface area contributed by atoms with Crippen molar-refractivity contribution in [2.45, 2.75) is 20.3 Å². The molecule has 2 N–H and O–H groups in total. The van der Waals surface area contributed by atoms with E-state index in [1.54, 1.807) is 0 Å². The third kappa shape index (κ3) is 1.73. The number of hydrogen-bond donors (Lipinski definition) is 1. The highest BCUT2D eigenvalue weighted by molar-refractivity contribution is 5.75. The Morgan fingerprint density at radius 3 is 2.40 bits per heavy atom. The number of nitrogens with two attached hydrogens (primary N) is 1. The summed E-state index contributed by atoms with van der Waals surface area (Å²) in [5, 5.41) is 3.74. The minimum Gasteiger partial charge on any atom is -0.380 e. The van der Waals surface area contributed by atoms with Crippen LogP contribution in [0.1, 0.15) is 18.2 Å². The quantitative estimate of drug-likeness (QED) is 0.814. The van der Waals surface area contributed by atoms with E-state index in [9.17, 15) is 0 Å². The number of anilines is 1. The van der Waals surface area contributed by atoms with Crippen LogP contribution in [0.4, 0.5) is 5.82 Å². The lowest BCUT2D eigenvalue weighted by atomic mass is 10.0. The summed E-state index contributed by atoms with van der Waals surface area (Å²) in [7, 11) is 0. The molecular weight excluding hydrogens is 188 g/mol. The van der Waals surface area contributed by atoms with Crippen molar-refractivity contribution < 1.29 is 4.52 Å². The molecule has 2 aromatic rings. The Bertz CT molecular complexity index is 437. The van der Waals surface area contributed by atoms with E-state index in [4.69, 9.17) is 10.3 Å². The predicted molar refractivity (Wildman–Crippen MR) is 60.5 cm³/mol. The van der Waals surface area contributed by atoms with E-state index in [1.807, 2.05) is 6.92 Å². The number of nitrogens with zero attached hydrogens (tertiary/aromatic N) is 1. The maximum Gasteiger partial charge on any atom is 0.175 e. The van der Waals surface area contributed by atoms with Gasteiger partial charge in [0.15, 0.2) is 5.82 Å². The molecule has 0 radical (unpaired) electrons. The third-order valence-corrected chi connectivity index (χ3v) is 2.54. The van der Waals surface area contributed by atoms with Gasteiger partial charge in [-0.2, -0.15) is 0 Å². The number of nitrogen functional groups attached to an aromatic ring is 1. The summed E-state index contributed by atoms with van der Waals surface area (Å²) in [6, 6.07) is 8.30. The molecule has 0 amide bonds. The van der Waals surface area contributed by atoms with E-state index in [-0.39, 0.29) is 0 Å². The van der Waals surface area contributed by atoms with E-state index in [2.05, 4.69) is 36.3 Å². The molecule has 1 heterocycles. The van der Waals surface area contributed by atoms with Crippen LogP contribution >= 0.6 is 0 Å². The van der Waals surface area contributed by atoms with Gasteiger partial charge < -0.3 is 10.3 Å². The Labute approximate surface area is 88.9 Å². The van der Waals surface area contributed by atoms with Gasteiger partial charge in [-0.1, -0.05) is 36.3 Å². The smallest absolute Gasteiger partial charge is 0.175 e. The molecule has 0 bridgehead atoms. The zero-order valence-electron chi connectivity index (χ0n) is 8.95. The van der Waals surface area contributed by atoms with Gasteiger partial charge in [0.05, 0.1) is 5.56 Å². The number of rotatable bonds is 2. The zero-order chi connectivity index (χ0) is 10.8. The first kappa shape index (κ1) is 9.77. The fourth-order valence-corrected chi connectivity index (χ4v) is 1.65. The molecular formula is C12H14N2O. The largest absolute Gasteiger partial charge is 0.380 e. The van der Waals surface area contributed by atoms with Crippen molar-refractivity contribution in [1.29, 1.82) is 0 Å². The maximum absolute atomic E-state index is 5.74. The fourth-order valence-electron chi connectivity index (χ4n) is 1.65. The predicted octanol–water partition coefficient (Wildman–Crippen LogP) is 2.79. The Hall–Kier alpha value is -1.77. The van der Waals surface area contributed by atoms with Crippen LogP contribution in [0.25, 0.3) is 11.1 Å². The summed E-state index contributed by atoms with van der Waals surface area (Å²) >= 11 is 0. The molecule has 0 saturated carbocycles. The topological polar surface area (TPSA) is 52.0 Å². The van der Waals surface area contributed by atoms with Crippen molar-refractivity contribution in [3.63, 3.8) is 0 Å². The van der Waals surface area contributed by atoms with Crippen molar-refractivity contribution in [3.05, 3.63) is 35.6 Å². The average molecular weight is 202 g/mol. The van der Waals surface area contributed by atoms with Crippen LogP contribution in [0.5, 0.6) is 0 Å². The van der Waals surface area contributed by atoms with Crippen LogP contribution in [0.2, 0.25) is 0 Å². The average Bonchev–Trinajstić information content (AvgIpc) is 2.59. The molecule has 0 aliphatic rings. The second kappa shape index (κ2) is 3.77. The SMILES string of the molecule is CCc1ccc(-c2c(N)noc2C)cc1. The molecule has 2 rings (SSSR count). The zero-order valence-corrected chi connectivity index (χ0v) is 8.95. The lowest BCUT2D eigenvalue weighted by molar-refractivity contribution is 0.401. The first-order valence-electron chi connectivity index (χ1n) is 5.03. The highest BCUT2D eigenvalue weighted by Crippen LogP contribution is 2.28. The Morgan fingerprint density at radius 2 is 1.93 bits per heavy atom. The van der Waals surface area contributed by atoms with Gasteiger partial charge in [0.2, 0.25) is 0 Å². The summed E-state index contributed by atoms with van der Waals surface area (Å²) in [4.78, 5) is 0. The number of benzene rings is 1. The van der Waals surface area contributed by atoms with Crippen molar-refractivity contribution in [2.75, 3.05) is 5.73 Å². The molecule has 0 aliphatic carbocycles. The van der Waals surface area contributed by atoms with Crippen LogP contribution in [0.15, 0.2) is 28.8 Å². The van der Waals surface area contributed by atoms with E-state index in [1.165, 1.54) is 5.56 Å². The normalized spacial score (nSPS) is 10.5. The van der Waals surface area contributed by atoms with Gasteiger partial charge >= 0.3 is 0 Å². The van der Waals surface area contributed by atoms with E-state index < -0.39 is 0 Å². The molecule has 0 unspecified atom stereocenters. The van der Waals surface area contributed by atoms with Crippen LogP contribution in [0.3, 0.4) is 0 Å². The summed E-state index contributed by atoms with van der Waals surface area (Å²) in [5.41, 5.74) is 9.01. The lowest BCUT2D eigenvalue weighted by Gasteiger charge is -2.01. The van der Waals surface area contributed by atoms with E-state index in [0.29, 0.717) is 5.82 Å². The van der Waals surface area contributed by atoms with Gasteiger partial charge in [0.25, 0.3) is 0 Å². The van der Waals surface area contributed by atoms with Gasteiger partial charge in [0, 0.05) is 0 Å². The van der Waals surface area contributed by atoms with Crippen molar-refractivity contribution in [2.24, 2.45) is 0 Å². The Kier molecular flexibility index (Phi) is 2.46. The van der Waals surface area contributed by atoms with Crippen molar-refractivity contribution in [1.82, 2.24) is 5.16 Å². The van der Waals surface area contributed by atoms with Gasteiger partial charge in [-0.3, -0.25) is 0 Å². The molecule has 0 saturated heterocycles. The molecule has 78 valence electrons. The summed E-state index contributed by atoms with van der Waals surface area (Å²) < 4.78 is 5.03. The number of aromatic nitrogens is 1. The Balaban J connectivity index is 2.45. The van der Waals surface area contributed by atoms with Crippen molar-refractivity contribution >= 4 is 5.82 Å². The van der Waals surface area contributed by atoms with Crippen LogP contribution in [-0.2, 0) is 6.42 Å². The van der Waals surface area contributed by atoms with Gasteiger partial charge in [-0.25, -0.2) is 0 Å². The van der Waals surface area contributed by atoms with Crippen LogP contribution in [0, 0.1) is 6.92 Å². The van der Waals surface area contributed by atoms with Gasteiger partial charge in [-0.05, 0) is 24.5 Å². The fraction of sp³-hybridized carbons (Fsp3) is 0.250. The number of hydrogen-bond acceptors (Lipinski definition) is 3. The molecule has 1 aromatic carbocycles. The highest BCUT2D eigenvalue weighted by atomic mass is 16.5. The Morgan fingerprint density at radius 1 is 1.27 bits per heavy atom. The van der Waals surface area contributed by atoms with Gasteiger partial charge in [-0.15, -0.1) is 0 Å². The highest BCUT2D eigenvalue weighted by Gasteiger charge is 2.11. The standard InChI is InChI=1S/C12H14N2O/c1-3-9-4-6-10(7-5-9)11-8(2)15-14-12(11)13/h4-7H,3H2,1-2H3,(H2,13,14). The molecule has 0 fully saturated rings. The third-order valence-electron chi connectivity index (χ3n) is 2.54. The number of aryl methyl sites for hydroxylation is 2. The molecule has 0 atom stereocenters. The molecule has 0 spiro atoms. The van der Waals surface area contributed by atoms with Crippen LogP contribution < -0.4 is 5.73 Å². The van der Waals surface area contributed by atoms with Gasteiger partial charge in [0.1, 0.15) is 5.76 Å². The van der Waals surface area contributed by atoms with Crippen molar-refractivity contribution in [3.8, 4) is 11.1 Å². The minimum atomic E-state index is 0.455. The first-order chi connectivity index (χ1) is 7.22. The maximum atomic E-state index is 5.74. The lowest BCUT2D eigenvalue weighted by Crippen LogP contribution is -1.89. The molecule has 15 heavy (non-hydrogen) atoms. The second-order valence-corrected chi connectivity index (χ2v) is 3.55. The van der Waals surface area contributed by atoms with E-state index in [0.717, 1.165) is 23.3 Å². The van der Waals surface area contributed by atoms with Crippen LogP contribution in [-0.4, -0.2) is 5.16 Å². The second-order valence-electron chi connectivity index (χ2n) is 3.55. The first-order valence-corrected chi connectivity index (χ1v) is 5.03. The minimum absolute atomic E-state index is 0.455. The molecule has 3 heteroatoms. The summed E-state index contributed by atoms with van der Waals surface area (Å²) in [6.45, 7) is 4.00. The molecule has 1 aromatic heterocycles. The monoisotopic (exact) mass is 202 g/mol. The molecule has 0 aliphatic heterocycles. The summed E-state index contributed by atoms with van der Waals surface area (Å²) in [6.07, 6.45) is 1.04. The molecule has 3 nitrogen and oxygen atoms in total. The summed E-state index contributed by atoms with van der Waals surface area (Å²) in [5.74, 6) is 1.22. The van der Waals surface area contributed by atoms with E-state index >= 15 is 0 Å².